The van der Waals surface area contributed by atoms with Gasteiger partial charge < -0.3 is 9.47 Å². The molecule has 0 fully saturated rings. The maximum atomic E-state index is 13.5. The first-order valence-corrected chi connectivity index (χ1v) is 9.80. The van der Waals surface area contributed by atoms with Crippen LogP contribution in [0.3, 0.4) is 0 Å². The molecule has 1 aromatic heterocycles. The van der Waals surface area contributed by atoms with E-state index in [4.69, 9.17) is 14.5 Å². The number of halogens is 1. The number of hydrogen-bond donors (Lipinski definition) is 0. The second-order valence-electron chi connectivity index (χ2n) is 7.41. The summed E-state index contributed by atoms with van der Waals surface area (Å²) in [5, 5.41) is 0. The van der Waals surface area contributed by atoms with Crippen LogP contribution in [0.1, 0.15) is 11.1 Å². The lowest BCUT2D eigenvalue weighted by atomic mass is 9.92. The molecule has 0 unspecified atom stereocenters. The molecule has 30 heavy (non-hydrogen) atoms. The number of hydrogen-bond acceptors (Lipinski definition) is 3. The molecule has 3 aromatic carbocycles. The van der Waals surface area contributed by atoms with E-state index in [-0.39, 0.29) is 5.82 Å². The second kappa shape index (κ2) is 7.30. The Bertz CT molecular complexity index is 1230. The van der Waals surface area contributed by atoms with Crippen LogP contribution in [0.15, 0.2) is 72.8 Å². The zero-order valence-electron chi connectivity index (χ0n) is 16.8. The largest absolute Gasteiger partial charge is 0.497 e. The topological polar surface area (TPSA) is 31.4 Å². The van der Waals surface area contributed by atoms with Gasteiger partial charge in [-0.1, -0.05) is 23.8 Å². The van der Waals surface area contributed by atoms with Crippen molar-refractivity contribution in [1.29, 1.82) is 0 Å². The Morgan fingerprint density at radius 2 is 1.60 bits per heavy atom. The van der Waals surface area contributed by atoms with Gasteiger partial charge in [0.15, 0.2) is 0 Å². The van der Waals surface area contributed by atoms with Crippen LogP contribution in [0.4, 0.5) is 4.39 Å². The normalized spacial score (nSPS) is 12.0. The molecule has 0 radical (unpaired) electrons. The molecule has 0 aliphatic carbocycles. The summed E-state index contributed by atoms with van der Waals surface area (Å²) >= 11 is 0. The van der Waals surface area contributed by atoms with Gasteiger partial charge in [-0.05, 0) is 72.6 Å². The van der Waals surface area contributed by atoms with Crippen molar-refractivity contribution in [2.75, 3.05) is 7.11 Å². The fourth-order valence-corrected chi connectivity index (χ4v) is 3.84. The Balaban J connectivity index is 1.76. The molecule has 4 aromatic rings. The molecule has 0 atom stereocenters. The molecule has 4 heteroatoms. The van der Waals surface area contributed by atoms with E-state index in [0.717, 1.165) is 56.3 Å². The fraction of sp³-hybridized carbons (Fsp3) is 0.115. The third kappa shape index (κ3) is 3.20. The predicted molar refractivity (Wildman–Crippen MR) is 116 cm³/mol. The number of aromatic nitrogens is 1. The molecule has 0 N–H and O–H groups in total. The van der Waals surface area contributed by atoms with Crippen LogP contribution in [-0.4, -0.2) is 12.1 Å². The lowest BCUT2D eigenvalue weighted by Crippen LogP contribution is -2.10. The second-order valence-corrected chi connectivity index (χ2v) is 7.41. The van der Waals surface area contributed by atoms with Crippen molar-refractivity contribution in [1.82, 2.24) is 4.98 Å². The van der Waals surface area contributed by atoms with Gasteiger partial charge in [0.1, 0.15) is 23.9 Å². The van der Waals surface area contributed by atoms with Crippen molar-refractivity contribution in [3.63, 3.8) is 0 Å². The minimum absolute atomic E-state index is 0.263. The van der Waals surface area contributed by atoms with Crippen molar-refractivity contribution >= 4 is 0 Å². The summed E-state index contributed by atoms with van der Waals surface area (Å²) in [5.74, 6) is 1.37. The smallest absolute Gasteiger partial charge is 0.129 e. The number of benzene rings is 3. The van der Waals surface area contributed by atoms with E-state index >= 15 is 0 Å². The molecule has 0 amide bonds. The predicted octanol–water partition coefficient (Wildman–Crippen LogP) is 6.43. The minimum atomic E-state index is -0.263. The van der Waals surface area contributed by atoms with Crippen molar-refractivity contribution in [2.24, 2.45) is 0 Å². The Labute approximate surface area is 174 Å². The van der Waals surface area contributed by atoms with E-state index in [0.29, 0.717) is 6.61 Å². The molecule has 2 heterocycles. The summed E-state index contributed by atoms with van der Waals surface area (Å²) in [4.78, 5) is 4.99. The number of methoxy groups -OCH3 is 1. The number of nitrogens with zero attached hydrogens (tertiary/aromatic N) is 1. The average Bonchev–Trinajstić information content (AvgIpc) is 2.79. The van der Waals surface area contributed by atoms with Crippen LogP contribution >= 0.6 is 0 Å². The molecule has 3 nitrogen and oxygen atoms in total. The Kier molecular flexibility index (Phi) is 4.47. The Morgan fingerprint density at radius 1 is 0.867 bits per heavy atom. The van der Waals surface area contributed by atoms with Gasteiger partial charge in [0.05, 0.1) is 18.5 Å². The SMILES string of the molecule is COc1ccc(-c2cc(-c3ccc(F)cc3)nc3c2COc2ccc(C)cc2-3)cc1. The van der Waals surface area contributed by atoms with Crippen molar-refractivity contribution in [2.45, 2.75) is 13.5 Å². The quantitative estimate of drug-likeness (QED) is 0.399. The van der Waals surface area contributed by atoms with Crippen LogP contribution < -0.4 is 9.47 Å². The third-order valence-corrected chi connectivity index (χ3v) is 5.43. The number of aryl methyl sites for hydroxylation is 1. The summed E-state index contributed by atoms with van der Waals surface area (Å²) < 4.78 is 24.9. The number of fused-ring (bicyclic) bond motifs is 3. The van der Waals surface area contributed by atoms with Gasteiger partial charge in [-0.25, -0.2) is 9.37 Å². The van der Waals surface area contributed by atoms with Crippen LogP contribution in [0.25, 0.3) is 33.6 Å². The third-order valence-electron chi connectivity index (χ3n) is 5.43. The summed E-state index contributed by atoms with van der Waals surface area (Å²) in [6.07, 6.45) is 0. The molecule has 0 spiro atoms. The highest BCUT2D eigenvalue weighted by molar-refractivity contribution is 5.84. The first kappa shape index (κ1) is 18.4. The van der Waals surface area contributed by atoms with Crippen LogP contribution in [-0.2, 0) is 6.61 Å². The van der Waals surface area contributed by atoms with E-state index in [2.05, 4.69) is 19.1 Å². The summed E-state index contributed by atoms with van der Waals surface area (Å²) in [5.41, 5.74) is 7.85. The Hall–Kier alpha value is -3.66. The maximum absolute atomic E-state index is 13.5. The molecule has 148 valence electrons. The molecular weight excluding hydrogens is 377 g/mol. The molecular formula is C26H20FNO2. The Morgan fingerprint density at radius 3 is 2.33 bits per heavy atom. The molecule has 0 saturated carbocycles. The van der Waals surface area contributed by atoms with Crippen molar-refractivity contribution in [3.8, 4) is 45.1 Å². The number of ether oxygens (including phenoxy) is 2. The van der Waals surface area contributed by atoms with E-state index in [1.807, 2.05) is 36.4 Å². The van der Waals surface area contributed by atoms with Gasteiger partial charge in [-0.2, -0.15) is 0 Å². The van der Waals surface area contributed by atoms with Crippen LogP contribution in [0, 0.1) is 12.7 Å². The molecule has 0 bridgehead atoms. The van der Waals surface area contributed by atoms with E-state index in [9.17, 15) is 4.39 Å². The first-order valence-electron chi connectivity index (χ1n) is 9.80. The number of rotatable bonds is 3. The van der Waals surface area contributed by atoms with Gasteiger partial charge >= 0.3 is 0 Å². The fourth-order valence-electron chi connectivity index (χ4n) is 3.84. The van der Waals surface area contributed by atoms with Gasteiger partial charge in [-0.3, -0.25) is 0 Å². The monoisotopic (exact) mass is 397 g/mol. The van der Waals surface area contributed by atoms with Crippen molar-refractivity contribution < 1.29 is 13.9 Å². The molecule has 1 aliphatic rings. The van der Waals surface area contributed by atoms with Gasteiger partial charge in [0, 0.05) is 16.7 Å². The van der Waals surface area contributed by atoms with Crippen molar-refractivity contribution in [3.05, 3.63) is 89.7 Å². The zero-order valence-corrected chi connectivity index (χ0v) is 16.8. The lowest BCUT2D eigenvalue weighted by Gasteiger charge is -2.24. The van der Waals surface area contributed by atoms with Gasteiger partial charge in [0.25, 0.3) is 0 Å². The number of pyridine rings is 1. The van der Waals surface area contributed by atoms with Crippen LogP contribution in [0.2, 0.25) is 0 Å². The summed E-state index contributed by atoms with van der Waals surface area (Å²) in [7, 11) is 1.66. The van der Waals surface area contributed by atoms with Gasteiger partial charge in [-0.15, -0.1) is 0 Å². The van der Waals surface area contributed by atoms with Crippen LogP contribution in [0.5, 0.6) is 11.5 Å². The zero-order chi connectivity index (χ0) is 20.7. The first-order chi connectivity index (χ1) is 14.6. The van der Waals surface area contributed by atoms with E-state index in [1.54, 1.807) is 19.2 Å². The van der Waals surface area contributed by atoms with E-state index in [1.165, 1.54) is 12.1 Å². The molecule has 0 saturated heterocycles. The lowest BCUT2D eigenvalue weighted by molar-refractivity contribution is 0.302. The maximum Gasteiger partial charge on any atom is 0.129 e. The highest BCUT2D eigenvalue weighted by Gasteiger charge is 2.24. The molecule has 1 aliphatic heterocycles. The summed E-state index contributed by atoms with van der Waals surface area (Å²) in [6, 6.07) is 22.6. The average molecular weight is 397 g/mol. The van der Waals surface area contributed by atoms with E-state index < -0.39 is 0 Å². The molecule has 5 rings (SSSR count). The highest BCUT2D eigenvalue weighted by atomic mass is 19.1. The van der Waals surface area contributed by atoms with Gasteiger partial charge in [0.2, 0.25) is 0 Å². The highest BCUT2D eigenvalue weighted by Crippen LogP contribution is 2.42. The summed E-state index contributed by atoms with van der Waals surface area (Å²) in [6.45, 7) is 2.51. The minimum Gasteiger partial charge on any atom is -0.497 e. The standard InChI is InChI=1S/C26H20FNO2/c1-16-3-12-25-22(13-16)26-23(15-30-25)21(17-6-10-20(29-2)11-7-17)14-24(28-26)18-4-8-19(27)9-5-18/h3-14H,15H2,1-2H3.